The molecule has 2 aliphatic rings. The van der Waals surface area contributed by atoms with Crippen molar-refractivity contribution in [1.29, 1.82) is 0 Å². The molecule has 0 saturated carbocycles. The number of nitro benzene ring substituents is 1. The second-order valence-electron chi connectivity index (χ2n) is 7.45. The van der Waals surface area contributed by atoms with Crippen LogP contribution in [0.25, 0.3) is 0 Å². The number of amides is 1. The fourth-order valence-electron chi connectivity index (χ4n) is 3.62. The summed E-state index contributed by atoms with van der Waals surface area (Å²) < 4.78 is 51.5. The van der Waals surface area contributed by atoms with Crippen LogP contribution in [-0.4, -0.2) is 74.4 Å². The van der Waals surface area contributed by atoms with Gasteiger partial charge in [-0.15, -0.1) is 0 Å². The highest BCUT2D eigenvalue weighted by Crippen LogP contribution is 2.33. The number of rotatable bonds is 6. The molecule has 11 nitrogen and oxygen atoms in total. The predicted molar refractivity (Wildman–Crippen MR) is 114 cm³/mol. The molecule has 33 heavy (non-hydrogen) atoms. The summed E-state index contributed by atoms with van der Waals surface area (Å²) in [5.74, 6) is -0.423. The Bertz CT molecular complexity index is 1180. The van der Waals surface area contributed by atoms with Gasteiger partial charge in [-0.1, -0.05) is 0 Å². The number of benzene rings is 2. The number of nitro groups is 1. The molecule has 0 radical (unpaired) electrons. The maximum atomic E-state index is 13.3. The summed E-state index contributed by atoms with van der Waals surface area (Å²) in [6.07, 6.45) is 0. The Hall–Kier alpha value is -3.29. The minimum absolute atomic E-state index is 0.0908. The molecule has 0 aromatic heterocycles. The Balaban J connectivity index is 1.35. The lowest BCUT2D eigenvalue weighted by Gasteiger charge is -2.33. The van der Waals surface area contributed by atoms with Crippen LogP contribution in [0.3, 0.4) is 0 Å². The van der Waals surface area contributed by atoms with E-state index in [2.05, 4.69) is 5.32 Å². The van der Waals surface area contributed by atoms with Crippen LogP contribution < -0.4 is 14.8 Å². The highest BCUT2D eigenvalue weighted by Gasteiger charge is 2.30. The van der Waals surface area contributed by atoms with Crippen LogP contribution in [0.5, 0.6) is 11.5 Å². The van der Waals surface area contributed by atoms with E-state index >= 15 is 0 Å². The van der Waals surface area contributed by atoms with Crippen LogP contribution in [0.15, 0.2) is 41.3 Å². The van der Waals surface area contributed by atoms with Gasteiger partial charge in [0.25, 0.3) is 5.69 Å². The first kappa shape index (κ1) is 22.9. The van der Waals surface area contributed by atoms with E-state index in [0.29, 0.717) is 37.8 Å². The second-order valence-corrected chi connectivity index (χ2v) is 9.39. The molecule has 2 aromatic rings. The van der Waals surface area contributed by atoms with Crippen molar-refractivity contribution < 1.29 is 32.0 Å². The van der Waals surface area contributed by atoms with Crippen LogP contribution in [0.1, 0.15) is 0 Å². The molecule has 1 fully saturated rings. The molecule has 176 valence electrons. The molecule has 0 aliphatic carbocycles. The Morgan fingerprint density at radius 3 is 2.45 bits per heavy atom. The van der Waals surface area contributed by atoms with E-state index in [4.69, 9.17) is 9.47 Å². The number of piperazine rings is 1. The molecule has 0 spiro atoms. The zero-order chi connectivity index (χ0) is 23.6. The van der Waals surface area contributed by atoms with Gasteiger partial charge in [0.05, 0.1) is 22.4 Å². The Labute approximate surface area is 188 Å². The Kier molecular flexibility index (Phi) is 6.44. The van der Waals surface area contributed by atoms with Crippen LogP contribution in [-0.2, 0) is 14.8 Å². The maximum Gasteiger partial charge on any atom is 0.295 e. The van der Waals surface area contributed by atoms with Gasteiger partial charge in [0.2, 0.25) is 15.9 Å². The number of nitrogens with zero attached hydrogens (tertiary/aromatic N) is 3. The number of carbonyl (C=O) groups excluding carboxylic acids is 1. The summed E-state index contributed by atoms with van der Waals surface area (Å²) in [5.41, 5.74) is -0.648. The van der Waals surface area contributed by atoms with Crippen LogP contribution in [0.4, 0.5) is 15.8 Å². The minimum atomic E-state index is -3.76. The van der Waals surface area contributed by atoms with Gasteiger partial charge in [-0.2, -0.15) is 4.31 Å². The first-order chi connectivity index (χ1) is 15.7. The summed E-state index contributed by atoms with van der Waals surface area (Å²) in [6, 6.07) is 7.36. The molecule has 0 bridgehead atoms. The molecule has 0 unspecified atom stereocenters. The molecule has 13 heteroatoms. The third-order valence-electron chi connectivity index (χ3n) is 5.28. The fraction of sp³-hybridized carbons (Fsp3) is 0.350. The molecule has 2 aliphatic heterocycles. The summed E-state index contributed by atoms with van der Waals surface area (Å²) in [6.45, 7) is 1.58. The molecule has 2 aromatic carbocycles. The summed E-state index contributed by atoms with van der Waals surface area (Å²) >= 11 is 0. The normalized spacial score (nSPS) is 16.9. The average molecular weight is 480 g/mol. The highest BCUT2D eigenvalue weighted by molar-refractivity contribution is 7.89. The van der Waals surface area contributed by atoms with Gasteiger partial charge in [0.15, 0.2) is 11.5 Å². The van der Waals surface area contributed by atoms with Crippen molar-refractivity contribution in [3.05, 3.63) is 52.3 Å². The lowest BCUT2D eigenvalue weighted by atomic mass is 10.2. The van der Waals surface area contributed by atoms with E-state index in [9.17, 15) is 27.7 Å². The van der Waals surface area contributed by atoms with Gasteiger partial charge in [0, 0.05) is 32.2 Å². The topological polar surface area (TPSA) is 131 Å². The number of anilines is 1. The van der Waals surface area contributed by atoms with Gasteiger partial charge in [-0.25, -0.2) is 12.8 Å². The summed E-state index contributed by atoms with van der Waals surface area (Å²) in [7, 11) is -3.76. The van der Waals surface area contributed by atoms with Crippen molar-refractivity contribution in [3.8, 4) is 11.5 Å². The third-order valence-corrected chi connectivity index (χ3v) is 7.18. The Morgan fingerprint density at radius 1 is 1.06 bits per heavy atom. The van der Waals surface area contributed by atoms with Crippen LogP contribution in [0.2, 0.25) is 0 Å². The fourth-order valence-corrected chi connectivity index (χ4v) is 5.05. The van der Waals surface area contributed by atoms with E-state index < -0.39 is 32.4 Å². The molecule has 1 amide bonds. The molecule has 1 N–H and O–H groups in total. The third kappa shape index (κ3) is 5.05. The van der Waals surface area contributed by atoms with E-state index in [-0.39, 0.29) is 30.2 Å². The van der Waals surface area contributed by atoms with E-state index in [1.54, 1.807) is 11.0 Å². The van der Waals surface area contributed by atoms with Crippen LogP contribution in [0, 0.1) is 15.9 Å². The summed E-state index contributed by atoms with van der Waals surface area (Å²) in [5, 5.41) is 13.5. The van der Waals surface area contributed by atoms with Crippen molar-refractivity contribution in [2.24, 2.45) is 0 Å². The van der Waals surface area contributed by atoms with Crippen molar-refractivity contribution in [2.45, 2.75) is 4.90 Å². The van der Waals surface area contributed by atoms with Gasteiger partial charge < -0.3 is 14.8 Å². The molecule has 0 atom stereocenters. The lowest BCUT2D eigenvalue weighted by molar-refractivity contribution is -0.384. The standard InChI is InChI=1S/C20H21FN4O7S/c21-14-1-3-16(17(11-14)25(27)28)22-20(26)13-23-5-7-24(8-6-23)33(29,30)15-2-4-18-19(12-15)32-10-9-31-18/h1-4,11-12H,5-10,13H2,(H,22,26). The number of fused-ring (bicyclic) bond motifs is 1. The van der Waals surface area contributed by atoms with Crippen molar-refractivity contribution in [1.82, 2.24) is 9.21 Å². The largest absolute Gasteiger partial charge is 0.486 e. The minimum Gasteiger partial charge on any atom is -0.486 e. The molecule has 4 rings (SSSR count). The molecule has 2 heterocycles. The number of ether oxygens (including phenoxy) is 2. The van der Waals surface area contributed by atoms with Gasteiger partial charge in [-0.3, -0.25) is 19.8 Å². The van der Waals surface area contributed by atoms with Crippen molar-refractivity contribution in [3.63, 3.8) is 0 Å². The first-order valence-electron chi connectivity index (χ1n) is 10.1. The second kappa shape index (κ2) is 9.29. The molecule has 1 saturated heterocycles. The van der Waals surface area contributed by atoms with E-state index in [1.807, 2.05) is 0 Å². The average Bonchev–Trinajstić information content (AvgIpc) is 2.80. The molecular weight excluding hydrogens is 459 g/mol. The lowest BCUT2D eigenvalue weighted by Crippen LogP contribution is -2.50. The quantitative estimate of drug-likeness (QED) is 0.486. The van der Waals surface area contributed by atoms with E-state index in [0.717, 1.165) is 18.2 Å². The zero-order valence-electron chi connectivity index (χ0n) is 17.4. The number of hydrogen-bond donors (Lipinski definition) is 1. The van der Waals surface area contributed by atoms with Gasteiger partial charge in [0.1, 0.15) is 24.7 Å². The predicted octanol–water partition coefficient (Wildman–Crippen LogP) is 1.45. The highest BCUT2D eigenvalue weighted by atomic mass is 32.2. The SMILES string of the molecule is O=C(CN1CCN(S(=O)(=O)c2ccc3c(c2)OCCO3)CC1)Nc1ccc(F)cc1[N+](=O)[O-]. The summed E-state index contributed by atoms with van der Waals surface area (Å²) in [4.78, 5) is 24.5. The Morgan fingerprint density at radius 2 is 1.76 bits per heavy atom. The monoisotopic (exact) mass is 480 g/mol. The number of halogens is 1. The zero-order valence-corrected chi connectivity index (χ0v) is 18.2. The van der Waals surface area contributed by atoms with Gasteiger partial charge >= 0.3 is 0 Å². The molecular formula is C20H21FN4O7S. The number of hydrogen-bond acceptors (Lipinski definition) is 8. The number of sulfonamides is 1. The number of nitrogens with one attached hydrogen (secondary N) is 1. The van der Waals surface area contributed by atoms with Crippen LogP contribution >= 0.6 is 0 Å². The van der Waals surface area contributed by atoms with Crippen molar-refractivity contribution >= 4 is 27.3 Å². The van der Waals surface area contributed by atoms with Crippen molar-refractivity contribution in [2.75, 3.05) is 51.3 Å². The smallest absolute Gasteiger partial charge is 0.295 e. The first-order valence-corrected chi connectivity index (χ1v) is 11.5. The van der Waals surface area contributed by atoms with Gasteiger partial charge in [-0.05, 0) is 24.3 Å². The maximum absolute atomic E-state index is 13.3. The number of carbonyl (C=O) groups is 1. The van der Waals surface area contributed by atoms with E-state index in [1.165, 1.54) is 16.4 Å².